The SMILES string of the molecule is Cc1ccc(N2C(=O)N(Cc3ccc(C#N)cc3)C(=O)C2C)cc1. The van der Waals surface area contributed by atoms with E-state index in [9.17, 15) is 9.59 Å². The van der Waals surface area contributed by atoms with E-state index in [1.165, 1.54) is 9.80 Å². The number of benzene rings is 2. The van der Waals surface area contributed by atoms with E-state index in [2.05, 4.69) is 0 Å². The molecule has 0 aliphatic carbocycles. The highest BCUT2D eigenvalue weighted by Gasteiger charge is 2.43. The van der Waals surface area contributed by atoms with Crippen LogP contribution in [0.5, 0.6) is 0 Å². The van der Waals surface area contributed by atoms with Gasteiger partial charge in [-0.05, 0) is 43.7 Å². The van der Waals surface area contributed by atoms with Crippen molar-refractivity contribution in [3.8, 4) is 6.07 Å². The van der Waals surface area contributed by atoms with E-state index in [0.717, 1.165) is 11.1 Å². The summed E-state index contributed by atoms with van der Waals surface area (Å²) in [6.45, 7) is 3.91. The summed E-state index contributed by atoms with van der Waals surface area (Å²) in [5.41, 5.74) is 3.17. The highest BCUT2D eigenvalue weighted by molar-refractivity contribution is 6.13. The molecule has 5 heteroatoms. The summed E-state index contributed by atoms with van der Waals surface area (Å²) in [6, 6.07) is 15.6. The lowest BCUT2D eigenvalue weighted by Gasteiger charge is -2.19. The fraction of sp³-hybridized carbons (Fsp3) is 0.211. The number of rotatable bonds is 3. The lowest BCUT2D eigenvalue weighted by atomic mass is 10.1. The van der Waals surface area contributed by atoms with E-state index in [1.807, 2.05) is 37.3 Å². The number of imide groups is 1. The zero-order chi connectivity index (χ0) is 17.3. The minimum absolute atomic E-state index is 0.204. The smallest absolute Gasteiger partial charge is 0.282 e. The Bertz CT molecular complexity index is 819. The Morgan fingerprint density at radius 3 is 2.25 bits per heavy atom. The molecule has 1 saturated heterocycles. The second kappa shape index (κ2) is 6.17. The van der Waals surface area contributed by atoms with Crippen molar-refractivity contribution in [2.24, 2.45) is 0 Å². The fourth-order valence-electron chi connectivity index (χ4n) is 2.78. The molecule has 1 aliphatic rings. The first-order valence-electron chi connectivity index (χ1n) is 7.71. The molecule has 1 atom stereocenters. The van der Waals surface area contributed by atoms with Gasteiger partial charge >= 0.3 is 6.03 Å². The van der Waals surface area contributed by atoms with Crippen LogP contribution in [0.4, 0.5) is 10.5 Å². The number of hydrogen-bond acceptors (Lipinski definition) is 3. The molecule has 0 radical (unpaired) electrons. The van der Waals surface area contributed by atoms with Crippen molar-refractivity contribution in [2.45, 2.75) is 26.4 Å². The lowest BCUT2D eigenvalue weighted by molar-refractivity contribution is -0.127. The number of hydrogen-bond donors (Lipinski definition) is 0. The quantitative estimate of drug-likeness (QED) is 0.816. The van der Waals surface area contributed by atoms with Crippen LogP contribution in [-0.4, -0.2) is 22.9 Å². The zero-order valence-electron chi connectivity index (χ0n) is 13.6. The predicted molar refractivity (Wildman–Crippen MR) is 90.2 cm³/mol. The molecule has 1 heterocycles. The topological polar surface area (TPSA) is 64.4 Å². The van der Waals surface area contributed by atoms with Gasteiger partial charge in [-0.15, -0.1) is 0 Å². The number of anilines is 1. The van der Waals surface area contributed by atoms with Gasteiger partial charge in [-0.2, -0.15) is 5.26 Å². The van der Waals surface area contributed by atoms with E-state index >= 15 is 0 Å². The van der Waals surface area contributed by atoms with Gasteiger partial charge in [0.15, 0.2) is 0 Å². The molecule has 2 aromatic carbocycles. The molecule has 0 spiro atoms. The molecule has 0 N–H and O–H groups in total. The standard InChI is InChI=1S/C19H17N3O2/c1-13-3-9-17(10-4-13)22-14(2)18(23)21(19(22)24)12-16-7-5-15(11-20)6-8-16/h3-10,14H,12H2,1-2H3. The molecule has 0 saturated carbocycles. The molecule has 1 unspecified atom stereocenters. The van der Waals surface area contributed by atoms with Crippen LogP contribution in [0.3, 0.4) is 0 Å². The summed E-state index contributed by atoms with van der Waals surface area (Å²) < 4.78 is 0. The van der Waals surface area contributed by atoms with Gasteiger partial charge in [0, 0.05) is 5.69 Å². The van der Waals surface area contributed by atoms with Crippen LogP contribution in [0.1, 0.15) is 23.6 Å². The van der Waals surface area contributed by atoms with Crippen molar-refractivity contribution in [3.05, 3.63) is 65.2 Å². The Morgan fingerprint density at radius 2 is 1.67 bits per heavy atom. The number of nitrogens with zero attached hydrogens (tertiary/aromatic N) is 3. The first kappa shape index (κ1) is 15.8. The van der Waals surface area contributed by atoms with Crippen molar-refractivity contribution in [2.75, 3.05) is 4.90 Å². The Labute approximate surface area is 140 Å². The minimum atomic E-state index is -0.529. The van der Waals surface area contributed by atoms with Gasteiger partial charge in [0.05, 0.1) is 18.2 Å². The Balaban J connectivity index is 1.84. The van der Waals surface area contributed by atoms with E-state index in [-0.39, 0.29) is 18.5 Å². The number of urea groups is 1. The van der Waals surface area contributed by atoms with Crippen LogP contribution < -0.4 is 4.90 Å². The third-order valence-electron chi connectivity index (χ3n) is 4.18. The first-order chi connectivity index (χ1) is 11.5. The van der Waals surface area contributed by atoms with Gasteiger partial charge < -0.3 is 0 Å². The summed E-state index contributed by atoms with van der Waals surface area (Å²) >= 11 is 0. The maximum atomic E-state index is 12.7. The number of nitriles is 1. The number of carbonyl (C=O) groups is 2. The summed E-state index contributed by atoms with van der Waals surface area (Å²) in [5, 5.41) is 8.84. The Hall–Kier alpha value is -3.13. The third kappa shape index (κ3) is 2.74. The number of carbonyl (C=O) groups excluding carboxylic acids is 2. The molecular formula is C19H17N3O2. The van der Waals surface area contributed by atoms with Crippen molar-refractivity contribution in [1.82, 2.24) is 4.90 Å². The average molecular weight is 319 g/mol. The summed E-state index contributed by atoms with van der Waals surface area (Å²) in [4.78, 5) is 28.0. The highest BCUT2D eigenvalue weighted by atomic mass is 16.2. The monoisotopic (exact) mass is 319 g/mol. The maximum absolute atomic E-state index is 12.7. The van der Waals surface area contributed by atoms with Gasteiger partial charge in [0.25, 0.3) is 5.91 Å². The van der Waals surface area contributed by atoms with Crippen molar-refractivity contribution >= 4 is 17.6 Å². The van der Waals surface area contributed by atoms with E-state index in [1.54, 1.807) is 31.2 Å². The Morgan fingerprint density at radius 1 is 1.04 bits per heavy atom. The van der Waals surface area contributed by atoms with E-state index in [0.29, 0.717) is 11.3 Å². The van der Waals surface area contributed by atoms with Crippen LogP contribution in [0.2, 0.25) is 0 Å². The molecule has 1 fully saturated rings. The van der Waals surface area contributed by atoms with Crippen molar-refractivity contribution in [3.63, 3.8) is 0 Å². The molecule has 2 aromatic rings. The molecular weight excluding hydrogens is 302 g/mol. The predicted octanol–water partition coefficient (Wildman–Crippen LogP) is 3.22. The van der Waals surface area contributed by atoms with Crippen LogP contribution in [0.15, 0.2) is 48.5 Å². The molecule has 3 amide bonds. The van der Waals surface area contributed by atoms with Crippen LogP contribution >= 0.6 is 0 Å². The van der Waals surface area contributed by atoms with Gasteiger partial charge in [0.1, 0.15) is 6.04 Å². The summed E-state index contributed by atoms with van der Waals surface area (Å²) in [7, 11) is 0. The van der Waals surface area contributed by atoms with Gasteiger partial charge in [-0.25, -0.2) is 4.79 Å². The van der Waals surface area contributed by atoms with E-state index in [4.69, 9.17) is 5.26 Å². The normalized spacial score (nSPS) is 17.3. The lowest BCUT2D eigenvalue weighted by Crippen LogP contribution is -2.33. The van der Waals surface area contributed by atoms with Crippen LogP contribution in [-0.2, 0) is 11.3 Å². The largest absolute Gasteiger partial charge is 0.332 e. The van der Waals surface area contributed by atoms with Crippen molar-refractivity contribution in [1.29, 1.82) is 5.26 Å². The average Bonchev–Trinajstić information content (AvgIpc) is 2.80. The van der Waals surface area contributed by atoms with Crippen LogP contribution in [0.25, 0.3) is 0 Å². The highest BCUT2D eigenvalue weighted by Crippen LogP contribution is 2.27. The molecule has 3 rings (SSSR count). The van der Waals surface area contributed by atoms with Crippen molar-refractivity contribution < 1.29 is 9.59 Å². The molecule has 5 nitrogen and oxygen atoms in total. The first-order valence-corrected chi connectivity index (χ1v) is 7.71. The van der Waals surface area contributed by atoms with E-state index < -0.39 is 6.04 Å². The van der Waals surface area contributed by atoms with Crippen LogP contribution in [0, 0.1) is 18.3 Å². The zero-order valence-corrected chi connectivity index (χ0v) is 13.6. The van der Waals surface area contributed by atoms with Gasteiger partial charge in [-0.3, -0.25) is 14.6 Å². The minimum Gasteiger partial charge on any atom is -0.282 e. The summed E-state index contributed by atoms with van der Waals surface area (Å²) in [5.74, 6) is -0.218. The molecule has 1 aliphatic heterocycles. The summed E-state index contributed by atoms with van der Waals surface area (Å²) in [6.07, 6.45) is 0. The van der Waals surface area contributed by atoms with Gasteiger partial charge in [0.2, 0.25) is 0 Å². The molecule has 0 aromatic heterocycles. The fourth-order valence-corrected chi connectivity index (χ4v) is 2.78. The van der Waals surface area contributed by atoms with Gasteiger partial charge in [-0.1, -0.05) is 29.8 Å². The number of amides is 3. The second-order valence-electron chi connectivity index (χ2n) is 5.90. The molecule has 24 heavy (non-hydrogen) atoms. The molecule has 0 bridgehead atoms. The maximum Gasteiger partial charge on any atom is 0.332 e. The number of aryl methyl sites for hydroxylation is 1. The third-order valence-corrected chi connectivity index (χ3v) is 4.18. The second-order valence-corrected chi connectivity index (χ2v) is 5.90. The Kier molecular flexibility index (Phi) is 4.05. The molecule has 120 valence electrons.